The number of methoxy groups -OCH3 is 1. The molecule has 3 rings (SSSR count). The maximum atomic E-state index is 12.4. The molecular weight excluding hydrogens is 344 g/mol. The van der Waals surface area contributed by atoms with Crippen LogP contribution < -0.4 is 15.4 Å². The molecule has 2 N–H and O–H groups in total. The highest BCUT2D eigenvalue weighted by Crippen LogP contribution is 2.45. The van der Waals surface area contributed by atoms with E-state index in [0.29, 0.717) is 23.5 Å². The molecule has 0 aliphatic carbocycles. The van der Waals surface area contributed by atoms with Crippen molar-refractivity contribution in [3.05, 3.63) is 17.7 Å². The zero-order chi connectivity index (χ0) is 19.8. The van der Waals surface area contributed by atoms with Crippen LogP contribution in [0.3, 0.4) is 0 Å². The van der Waals surface area contributed by atoms with Crippen LogP contribution in [0.25, 0.3) is 0 Å². The number of benzene rings is 1. The fraction of sp³-hybridized carbons (Fsp3) is 0.600. The van der Waals surface area contributed by atoms with Gasteiger partial charge >= 0.3 is 6.09 Å². The van der Waals surface area contributed by atoms with Crippen LogP contribution >= 0.6 is 0 Å². The zero-order valence-corrected chi connectivity index (χ0v) is 16.5. The van der Waals surface area contributed by atoms with E-state index in [1.54, 1.807) is 19.2 Å². The third-order valence-corrected chi connectivity index (χ3v) is 5.18. The quantitative estimate of drug-likeness (QED) is 0.803. The van der Waals surface area contributed by atoms with Crippen molar-refractivity contribution in [3.8, 4) is 11.8 Å². The number of hydrogen-bond donors (Lipinski definition) is 1. The number of piperidine rings is 1. The number of nitrogens with two attached hydrogens (primary N) is 1. The number of nitriles is 1. The van der Waals surface area contributed by atoms with Gasteiger partial charge in [0.2, 0.25) is 0 Å². The number of carbonyl (C=O) groups is 1. The summed E-state index contributed by atoms with van der Waals surface area (Å²) in [4.78, 5) is 16.5. The standard InChI is InChI=1S/C20H28N4O3/c1-19(2,3)27-18(25)23-7-5-6-20(11-23)12-24(13-20)16-8-14(10-21)15(22)9-17(16)26-4/h8-9H,5-7,11-13,22H2,1-4H3. The molecule has 1 aromatic rings. The van der Waals surface area contributed by atoms with Gasteiger partial charge in [-0.1, -0.05) is 0 Å². The van der Waals surface area contributed by atoms with Gasteiger partial charge in [0.25, 0.3) is 0 Å². The van der Waals surface area contributed by atoms with Crippen molar-refractivity contribution in [2.45, 2.75) is 39.2 Å². The Labute approximate surface area is 160 Å². The van der Waals surface area contributed by atoms with Gasteiger partial charge in [0.1, 0.15) is 17.4 Å². The molecule has 146 valence electrons. The van der Waals surface area contributed by atoms with E-state index in [4.69, 9.17) is 15.2 Å². The number of nitrogens with zero attached hydrogens (tertiary/aromatic N) is 3. The highest BCUT2D eigenvalue weighted by Gasteiger charge is 2.47. The normalized spacial score (nSPS) is 18.6. The van der Waals surface area contributed by atoms with Crippen LogP contribution in [0.2, 0.25) is 0 Å². The smallest absolute Gasteiger partial charge is 0.410 e. The van der Waals surface area contributed by atoms with Crippen molar-refractivity contribution in [2.24, 2.45) is 5.41 Å². The largest absolute Gasteiger partial charge is 0.495 e. The number of carbonyl (C=O) groups excluding carboxylic acids is 1. The van der Waals surface area contributed by atoms with E-state index in [1.807, 2.05) is 25.7 Å². The Morgan fingerprint density at radius 2 is 2.00 bits per heavy atom. The van der Waals surface area contributed by atoms with E-state index in [0.717, 1.165) is 38.2 Å². The van der Waals surface area contributed by atoms with Crippen molar-refractivity contribution >= 4 is 17.5 Å². The van der Waals surface area contributed by atoms with Gasteiger partial charge in [0.05, 0.1) is 24.0 Å². The molecule has 0 saturated carbocycles. The lowest BCUT2D eigenvalue weighted by atomic mass is 9.73. The molecule has 1 aromatic carbocycles. The third-order valence-electron chi connectivity index (χ3n) is 5.18. The Morgan fingerprint density at radius 3 is 2.59 bits per heavy atom. The minimum absolute atomic E-state index is 0.0638. The second-order valence-electron chi connectivity index (χ2n) is 8.58. The van der Waals surface area contributed by atoms with Crippen LogP contribution in [-0.4, -0.2) is 49.9 Å². The van der Waals surface area contributed by atoms with Crippen LogP contribution in [-0.2, 0) is 4.74 Å². The highest BCUT2D eigenvalue weighted by atomic mass is 16.6. The SMILES string of the molecule is COc1cc(N)c(C#N)cc1N1CC2(CCCN(C(=O)OC(C)(C)C)C2)C1. The monoisotopic (exact) mass is 372 g/mol. The Kier molecular flexibility index (Phi) is 4.85. The van der Waals surface area contributed by atoms with Gasteiger partial charge in [0.15, 0.2) is 0 Å². The van der Waals surface area contributed by atoms with Crippen LogP contribution in [0, 0.1) is 16.7 Å². The van der Waals surface area contributed by atoms with E-state index < -0.39 is 5.60 Å². The number of nitrogen functional groups attached to an aromatic ring is 1. The second-order valence-corrected chi connectivity index (χ2v) is 8.58. The van der Waals surface area contributed by atoms with Crippen LogP contribution in [0.5, 0.6) is 5.75 Å². The van der Waals surface area contributed by atoms with Crippen molar-refractivity contribution in [1.29, 1.82) is 5.26 Å². The number of ether oxygens (including phenoxy) is 2. The van der Waals surface area contributed by atoms with Gasteiger partial charge in [-0.15, -0.1) is 0 Å². The van der Waals surface area contributed by atoms with Gasteiger partial charge in [-0.25, -0.2) is 4.79 Å². The first-order chi connectivity index (χ1) is 12.7. The van der Waals surface area contributed by atoms with Crippen molar-refractivity contribution in [1.82, 2.24) is 4.90 Å². The predicted molar refractivity (Wildman–Crippen MR) is 104 cm³/mol. The number of anilines is 2. The Bertz CT molecular complexity index is 773. The van der Waals surface area contributed by atoms with Crippen molar-refractivity contribution in [2.75, 3.05) is 43.9 Å². The number of hydrogen-bond acceptors (Lipinski definition) is 6. The number of likely N-dealkylation sites (tertiary alicyclic amines) is 1. The highest BCUT2D eigenvalue weighted by molar-refractivity contribution is 5.72. The van der Waals surface area contributed by atoms with Crippen molar-refractivity contribution in [3.63, 3.8) is 0 Å². The molecule has 1 spiro atoms. The topological polar surface area (TPSA) is 91.8 Å². The lowest BCUT2D eigenvalue weighted by molar-refractivity contribution is -0.00151. The molecule has 7 nitrogen and oxygen atoms in total. The maximum Gasteiger partial charge on any atom is 0.410 e. The summed E-state index contributed by atoms with van der Waals surface area (Å²) in [5, 5.41) is 9.26. The fourth-order valence-corrected chi connectivity index (χ4v) is 3.97. The molecule has 0 unspecified atom stereocenters. The minimum Gasteiger partial charge on any atom is -0.495 e. The summed E-state index contributed by atoms with van der Waals surface area (Å²) in [7, 11) is 1.60. The van der Waals surface area contributed by atoms with Gasteiger partial charge in [0, 0.05) is 37.7 Å². The van der Waals surface area contributed by atoms with Gasteiger partial charge in [-0.05, 0) is 39.7 Å². The molecule has 27 heavy (non-hydrogen) atoms. The first kappa shape index (κ1) is 19.2. The summed E-state index contributed by atoms with van der Waals surface area (Å²) in [5.74, 6) is 0.668. The molecule has 2 saturated heterocycles. The van der Waals surface area contributed by atoms with Crippen LogP contribution in [0.15, 0.2) is 12.1 Å². The second kappa shape index (κ2) is 6.84. The molecule has 0 radical (unpaired) electrons. The van der Waals surface area contributed by atoms with Crippen LogP contribution in [0.1, 0.15) is 39.2 Å². The lowest BCUT2D eigenvalue weighted by Gasteiger charge is -2.55. The molecule has 2 aliphatic rings. The van der Waals surface area contributed by atoms with Gasteiger partial charge in [-0.2, -0.15) is 5.26 Å². The van der Waals surface area contributed by atoms with Gasteiger partial charge < -0.3 is 25.0 Å². The van der Waals surface area contributed by atoms with E-state index >= 15 is 0 Å². The molecule has 1 amide bonds. The Hall–Kier alpha value is -2.62. The molecule has 0 bridgehead atoms. The molecule has 7 heteroatoms. The summed E-state index contributed by atoms with van der Waals surface area (Å²) >= 11 is 0. The average Bonchev–Trinajstić information content (AvgIpc) is 2.58. The minimum atomic E-state index is -0.488. The first-order valence-corrected chi connectivity index (χ1v) is 9.27. The summed E-state index contributed by atoms with van der Waals surface area (Å²) in [6.45, 7) is 8.72. The Balaban J connectivity index is 1.71. The van der Waals surface area contributed by atoms with E-state index in [1.165, 1.54) is 0 Å². The van der Waals surface area contributed by atoms with E-state index in [9.17, 15) is 10.1 Å². The first-order valence-electron chi connectivity index (χ1n) is 9.27. The lowest BCUT2D eigenvalue weighted by Crippen LogP contribution is -2.64. The molecule has 2 heterocycles. The molecule has 2 fully saturated rings. The number of rotatable bonds is 2. The maximum absolute atomic E-state index is 12.4. The molecule has 2 aliphatic heterocycles. The molecule has 0 aromatic heterocycles. The summed E-state index contributed by atoms with van der Waals surface area (Å²) in [6.07, 6.45) is 1.80. The Morgan fingerprint density at radius 1 is 1.30 bits per heavy atom. The van der Waals surface area contributed by atoms with Crippen LogP contribution in [0.4, 0.5) is 16.2 Å². The fourth-order valence-electron chi connectivity index (χ4n) is 3.97. The number of amides is 1. The zero-order valence-electron chi connectivity index (χ0n) is 16.5. The predicted octanol–water partition coefficient (Wildman–Crippen LogP) is 2.99. The summed E-state index contributed by atoms with van der Waals surface area (Å²) < 4.78 is 11.0. The summed E-state index contributed by atoms with van der Waals surface area (Å²) in [6, 6.07) is 5.62. The summed E-state index contributed by atoms with van der Waals surface area (Å²) in [5.41, 5.74) is 7.22. The van der Waals surface area contributed by atoms with E-state index in [2.05, 4.69) is 11.0 Å². The van der Waals surface area contributed by atoms with E-state index in [-0.39, 0.29) is 11.5 Å². The third kappa shape index (κ3) is 3.90. The van der Waals surface area contributed by atoms with Gasteiger partial charge in [-0.3, -0.25) is 0 Å². The van der Waals surface area contributed by atoms with Crippen molar-refractivity contribution < 1.29 is 14.3 Å². The molecular formula is C20H28N4O3. The molecule has 0 atom stereocenters. The average molecular weight is 372 g/mol.